The van der Waals surface area contributed by atoms with Crippen molar-refractivity contribution in [1.82, 2.24) is 9.88 Å². The van der Waals surface area contributed by atoms with Crippen LogP contribution >= 0.6 is 11.8 Å². The van der Waals surface area contributed by atoms with Gasteiger partial charge in [-0.05, 0) is 25.0 Å². The topological polar surface area (TPSA) is 90.7 Å². The molecule has 122 valence electrons. The summed E-state index contributed by atoms with van der Waals surface area (Å²) in [6, 6.07) is 3.78. The molecule has 3 rings (SSSR count). The van der Waals surface area contributed by atoms with Gasteiger partial charge in [-0.1, -0.05) is 6.07 Å². The number of amides is 1. The van der Waals surface area contributed by atoms with Gasteiger partial charge in [-0.15, -0.1) is 11.8 Å². The van der Waals surface area contributed by atoms with Crippen LogP contribution in [0.3, 0.4) is 0 Å². The second-order valence-corrected chi connectivity index (χ2v) is 6.84. The number of carboxylic acids is 1. The van der Waals surface area contributed by atoms with Crippen LogP contribution in [0.4, 0.5) is 0 Å². The number of carboxylic acid groups (broad SMARTS) is 1. The number of aliphatic hydroxyl groups is 1. The van der Waals surface area contributed by atoms with Gasteiger partial charge in [-0.3, -0.25) is 9.78 Å². The molecule has 1 aromatic rings. The number of thioether (sulfide) groups is 1. The van der Waals surface area contributed by atoms with Gasteiger partial charge in [0, 0.05) is 35.6 Å². The fraction of sp³-hybridized carbons (Fsp3) is 0.438. The van der Waals surface area contributed by atoms with Crippen LogP contribution in [0, 0.1) is 12.8 Å². The van der Waals surface area contributed by atoms with Crippen molar-refractivity contribution in [2.75, 3.05) is 6.61 Å². The number of fused-ring (bicyclic) bond motifs is 1. The van der Waals surface area contributed by atoms with Crippen LogP contribution in [-0.2, 0) is 15.3 Å². The maximum atomic E-state index is 12.1. The number of pyridine rings is 1. The van der Waals surface area contributed by atoms with E-state index in [0.717, 1.165) is 16.2 Å². The first kappa shape index (κ1) is 16.0. The molecule has 7 heteroatoms. The van der Waals surface area contributed by atoms with Crippen LogP contribution in [0.5, 0.6) is 0 Å². The van der Waals surface area contributed by atoms with Gasteiger partial charge in [0.1, 0.15) is 5.70 Å². The highest BCUT2D eigenvalue weighted by molar-refractivity contribution is 8.02. The van der Waals surface area contributed by atoms with E-state index in [1.165, 1.54) is 16.7 Å². The lowest BCUT2D eigenvalue weighted by Crippen LogP contribution is -2.58. The number of hydrogen-bond acceptors (Lipinski definition) is 5. The Hall–Kier alpha value is -1.86. The normalized spacial score (nSPS) is 23.0. The van der Waals surface area contributed by atoms with E-state index >= 15 is 0 Å². The Morgan fingerprint density at radius 2 is 2.26 bits per heavy atom. The molecule has 2 atom stereocenters. The molecule has 1 saturated heterocycles. The summed E-state index contributed by atoms with van der Waals surface area (Å²) in [5.74, 6) is -0.880. The van der Waals surface area contributed by atoms with Gasteiger partial charge in [0.05, 0.1) is 12.0 Å². The van der Waals surface area contributed by atoms with Crippen LogP contribution < -0.4 is 0 Å². The minimum Gasteiger partial charge on any atom is -0.477 e. The van der Waals surface area contributed by atoms with Gasteiger partial charge in [0.2, 0.25) is 5.91 Å². The summed E-state index contributed by atoms with van der Waals surface area (Å²) >= 11 is 1.45. The number of hydrogen-bond donors (Lipinski definition) is 2. The van der Waals surface area contributed by atoms with E-state index in [4.69, 9.17) is 5.11 Å². The highest BCUT2D eigenvalue weighted by Crippen LogP contribution is 2.47. The first-order chi connectivity index (χ1) is 11.0. The zero-order chi connectivity index (χ0) is 16.6. The molecule has 0 saturated carbocycles. The van der Waals surface area contributed by atoms with Gasteiger partial charge in [0.15, 0.2) is 0 Å². The second-order valence-electron chi connectivity index (χ2n) is 5.77. The lowest BCUT2D eigenvalue weighted by atomic mass is 9.85. The van der Waals surface area contributed by atoms with E-state index in [9.17, 15) is 14.7 Å². The summed E-state index contributed by atoms with van der Waals surface area (Å²) in [5, 5.41) is 18.5. The zero-order valence-corrected chi connectivity index (χ0v) is 13.5. The third-order valence-electron chi connectivity index (χ3n) is 4.28. The lowest BCUT2D eigenvalue weighted by Gasteiger charge is -2.43. The number of nitrogens with zero attached hydrogens (tertiary/aromatic N) is 2. The Morgan fingerprint density at radius 3 is 2.87 bits per heavy atom. The molecule has 2 unspecified atom stereocenters. The molecule has 0 aromatic carbocycles. The van der Waals surface area contributed by atoms with E-state index in [1.54, 1.807) is 6.20 Å². The Bertz CT molecular complexity index is 671. The predicted octanol–water partition coefficient (Wildman–Crippen LogP) is 1.53. The fourth-order valence-corrected chi connectivity index (χ4v) is 4.22. The predicted molar refractivity (Wildman–Crippen MR) is 85.4 cm³/mol. The van der Waals surface area contributed by atoms with Crippen molar-refractivity contribution in [3.63, 3.8) is 0 Å². The van der Waals surface area contributed by atoms with Crippen molar-refractivity contribution in [3.8, 4) is 0 Å². The molecule has 1 fully saturated rings. The molecule has 2 aliphatic rings. The third-order valence-corrected chi connectivity index (χ3v) is 5.46. The van der Waals surface area contributed by atoms with Gasteiger partial charge in [-0.2, -0.15) is 0 Å². The third kappa shape index (κ3) is 2.86. The van der Waals surface area contributed by atoms with E-state index in [1.807, 2.05) is 19.1 Å². The van der Waals surface area contributed by atoms with E-state index in [0.29, 0.717) is 18.6 Å². The minimum absolute atomic E-state index is 0.0549. The van der Waals surface area contributed by atoms with Crippen LogP contribution in [0.25, 0.3) is 0 Å². The van der Waals surface area contributed by atoms with Crippen molar-refractivity contribution in [3.05, 3.63) is 40.2 Å². The Balaban J connectivity index is 1.74. The van der Waals surface area contributed by atoms with Crippen molar-refractivity contribution in [2.45, 2.75) is 31.6 Å². The van der Waals surface area contributed by atoms with Crippen LogP contribution in [-0.4, -0.2) is 44.6 Å². The summed E-state index contributed by atoms with van der Waals surface area (Å²) in [6.07, 6.45) is 2.74. The highest BCUT2D eigenvalue weighted by Gasteiger charge is 2.54. The van der Waals surface area contributed by atoms with Gasteiger partial charge in [0.25, 0.3) is 0 Å². The molecule has 0 spiro atoms. The maximum absolute atomic E-state index is 12.1. The average molecular weight is 334 g/mol. The number of aliphatic carboxylic acids is 1. The van der Waals surface area contributed by atoms with Crippen molar-refractivity contribution >= 4 is 23.6 Å². The molecule has 2 aliphatic heterocycles. The highest BCUT2D eigenvalue weighted by atomic mass is 32.2. The smallest absolute Gasteiger partial charge is 0.353 e. The van der Waals surface area contributed by atoms with Gasteiger partial charge >= 0.3 is 5.97 Å². The largest absolute Gasteiger partial charge is 0.477 e. The summed E-state index contributed by atoms with van der Waals surface area (Å²) in [6.45, 7) is 1.86. The first-order valence-corrected chi connectivity index (χ1v) is 8.46. The average Bonchev–Trinajstić information content (AvgIpc) is 2.87. The number of aryl methyl sites for hydroxylation is 1. The Labute approximate surface area is 138 Å². The van der Waals surface area contributed by atoms with Gasteiger partial charge < -0.3 is 15.1 Å². The zero-order valence-electron chi connectivity index (χ0n) is 12.7. The van der Waals surface area contributed by atoms with Crippen molar-refractivity contribution < 1.29 is 19.8 Å². The Morgan fingerprint density at radius 1 is 1.48 bits per heavy atom. The summed E-state index contributed by atoms with van der Waals surface area (Å²) in [4.78, 5) is 30.0. The molecule has 6 nitrogen and oxygen atoms in total. The van der Waals surface area contributed by atoms with Crippen molar-refractivity contribution in [2.24, 2.45) is 5.92 Å². The van der Waals surface area contributed by atoms with Crippen LogP contribution in [0.2, 0.25) is 0 Å². The van der Waals surface area contributed by atoms with Crippen LogP contribution in [0.1, 0.15) is 24.1 Å². The molecule has 23 heavy (non-hydrogen) atoms. The molecular weight excluding hydrogens is 316 g/mol. The number of rotatable bonds is 6. The maximum Gasteiger partial charge on any atom is 0.353 e. The molecular formula is C16H18N2O4S. The summed E-state index contributed by atoms with van der Waals surface area (Å²) < 4.78 is 0. The SMILES string of the molecule is Cc1ccc(CSC2=C(C(=O)O)N3C(=O)C(CCO)C3C2)cn1. The van der Waals surface area contributed by atoms with E-state index in [-0.39, 0.29) is 30.2 Å². The standard InChI is InChI=1S/C16H18N2O4S/c1-9-2-3-10(7-17-9)8-23-13-6-12-11(4-5-19)15(20)18(12)14(13)16(21)22/h2-3,7,11-12,19H,4-6,8H2,1H3,(H,21,22). The quantitative estimate of drug-likeness (QED) is 0.767. The molecule has 0 radical (unpaired) electrons. The number of β-lactam (4-membered cyclic amide) rings is 1. The lowest BCUT2D eigenvalue weighted by molar-refractivity contribution is -0.155. The summed E-state index contributed by atoms with van der Waals surface area (Å²) in [5.41, 5.74) is 2.07. The summed E-state index contributed by atoms with van der Waals surface area (Å²) in [7, 11) is 0. The van der Waals surface area contributed by atoms with Crippen LogP contribution in [0.15, 0.2) is 28.9 Å². The van der Waals surface area contributed by atoms with Crippen molar-refractivity contribution in [1.29, 1.82) is 0 Å². The number of aliphatic hydroxyl groups excluding tert-OH is 1. The monoisotopic (exact) mass is 334 g/mol. The first-order valence-electron chi connectivity index (χ1n) is 7.47. The minimum atomic E-state index is -1.06. The molecule has 1 amide bonds. The van der Waals surface area contributed by atoms with E-state index < -0.39 is 5.97 Å². The second kappa shape index (κ2) is 6.33. The number of carbonyl (C=O) groups excluding carboxylic acids is 1. The van der Waals surface area contributed by atoms with E-state index in [2.05, 4.69) is 4.98 Å². The molecule has 0 bridgehead atoms. The molecule has 2 N–H and O–H groups in total. The molecule has 0 aliphatic carbocycles. The van der Waals surface area contributed by atoms with Gasteiger partial charge in [-0.25, -0.2) is 4.79 Å². The Kier molecular flexibility index (Phi) is 4.41. The fourth-order valence-electron chi connectivity index (χ4n) is 3.09. The number of carbonyl (C=O) groups is 2. The molecule has 3 heterocycles. The molecule has 1 aromatic heterocycles. The number of aromatic nitrogens is 1.